The Morgan fingerprint density at radius 1 is 1.24 bits per heavy atom. The van der Waals surface area contributed by atoms with Crippen molar-refractivity contribution in [1.29, 1.82) is 0 Å². The number of aromatic nitrogens is 2. The van der Waals surface area contributed by atoms with Gasteiger partial charge in [-0.15, -0.1) is 13.2 Å². The molecule has 1 heterocycles. The van der Waals surface area contributed by atoms with Crippen LogP contribution in [0.1, 0.15) is 37.7 Å². The summed E-state index contributed by atoms with van der Waals surface area (Å²) in [4.78, 5) is 10.6. The molecular weight excluding hydrogens is 258 g/mol. The number of hydrogen-bond acceptors (Lipinski definition) is 2. The Labute approximate surface area is 127 Å². The van der Waals surface area contributed by atoms with E-state index in [1.165, 1.54) is 5.56 Å². The Morgan fingerprint density at radius 3 is 2.52 bits per heavy atom. The summed E-state index contributed by atoms with van der Waals surface area (Å²) in [5.74, 6) is 1.03. The Kier molecular flexibility index (Phi) is 5.34. The first-order valence-electron chi connectivity index (χ1n) is 7.67. The van der Waals surface area contributed by atoms with Crippen LogP contribution < -0.4 is 0 Å². The summed E-state index contributed by atoms with van der Waals surface area (Å²) in [7, 11) is 0. The number of nitrogens with zero attached hydrogens (tertiary/aromatic N) is 2. The highest BCUT2D eigenvalue weighted by molar-refractivity contribution is 5.76. The zero-order valence-corrected chi connectivity index (χ0v) is 13.1. The minimum Gasteiger partial charge on any atom is -0.341 e. The van der Waals surface area contributed by atoms with Gasteiger partial charge in [-0.25, -0.2) is 4.98 Å². The molecule has 0 radical (unpaired) electrons. The highest BCUT2D eigenvalue weighted by Gasteiger charge is 2.20. The average Bonchev–Trinajstić information content (AvgIpc) is 2.90. The van der Waals surface area contributed by atoms with E-state index in [4.69, 9.17) is 4.98 Å². The molecule has 3 heteroatoms. The van der Waals surface area contributed by atoms with Gasteiger partial charge in [-0.05, 0) is 30.5 Å². The van der Waals surface area contributed by atoms with Crippen molar-refractivity contribution >= 4 is 11.0 Å². The molecule has 0 spiro atoms. The van der Waals surface area contributed by atoms with Crippen LogP contribution in [0.3, 0.4) is 0 Å². The van der Waals surface area contributed by atoms with Crippen molar-refractivity contribution < 1.29 is 0 Å². The normalized spacial score (nSPS) is 12.7. The van der Waals surface area contributed by atoms with Gasteiger partial charge in [0.15, 0.2) is 0 Å². The second kappa shape index (κ2) is 7.23. The zero-order valence-electron chi connectivity index (χ0n) is 13.1. The van der Waals surface area contributed by atoms with Crippen LogP contribution in [0.2, 0.25) is 0 Å². The van der Waals surface area contributed by atoms with Gasteiger partial charge >= 0.3 is 0 Å². The quantitative estimate of drug-likeness (QED) is 0.734. The minimum atomic E-state index is 0.262. The lowest BCUT2D eigenvalue weighted by molar-refractivity contribution is 0.229. The lowest BCUT2D eigenvalue weighted by atomic mass is 10.1. The first kappa shape index (κ1) is 15.5. The van der Waals surface area contributed by atoms with Crippen LogP contribution in [0, 0.1) is 0 Å². The van der Waals surface area contributed by atoms with Crippen LogP contribution in [-0.4, -0.2) is 28.0 Å². The smallest absolute Gasteiger partial charge is 0.124 e. The van der Waals surface area contributed by atoms with Crippen molar-refractivity contribution in [3.8, 4) is 0 Å². The van der Waals surface area contributed by atoms with Crippen molar-refractivity contribution in [3.63, 3.8) is 0 Å². The van der Waals surface area contributed by atoms with E-state index in [1.807, 2.05) is 12.2 Å². The molecular formula is C18H25N3. The number of fused-ring (bicyclic) bond motifs is 1. The van der Waals surface area contributed by atoms with Crippen molar-refractivity contribution in [1.82, 2.24) is 14.9 Å². The van der Waals surface area contributed by atoms with Crippen LogP contribution in [-0.2, 0) is 6.42 Å². The number of H-pyrrole nitrogens is 1. The van der Waals surface area contributed by atoms with Gasteiger partial charge in [0.05, 0.1) is 17.1 Å². The summed E-state index contributed by atoms with van der Waals surface area (Å²) in [6.07, 6.45) is 5.91. The van der Waals surface area contributed by atoms with E-state index >= 15 is 0 Å². The van der Waals surface area contributed by atoms with Gasteiger partial charge < -0.3 is 4.98 Å². The van der Waals surface area contributed by atoms with E-state index in [9.17, 15) is 0 Å². The van der Waals surface area contributed by atoms with E-state index in [1.54, 1.807) is 0 Å². The van der Waals surface area contributed by atoms with E-state index in [0.717, 1.165) is 42.8 Å². The molecule has 2 aromatic rings. The van der Waals surface area contributed by atoms with E-state index in [2.05, 4.69) is 55.1 Å². The van der Waals surface area contributed by atoms with Crippen molar-refractivity contribution in [3.05, 3.63) is 54.9 Å². The van der Waals surface area contributed by atoms with Gasteiger partial charge in [0, 0.05) is 13.1 Å². The third kappa shape index (κ3) is 3.42. The van der Waals surface area contributed by atoms with E-state index in [0.29, 0.717) is 0 Å². The van der Waals surface area contributed by atoms with Crippen LogP contribution in [0.4, 0.5) is 0 Å². The highest BCUT2D eigenvalue weighted by Crippen LogP contribution is 2.24. The third-order valence-corrected chi connectivity index (χ3v) is 3.84. The molecule has 1 N–H and O–H groups in total. The SMILES string of the molecule is C=CCN(CC=C)C(CC)c1nc2ccc(CC)cc2[nH]1. The molecule has 0 bridgehead atoms. The lowest BCUT2D eigenvalue weighted by Crippen LogP contribution is -2.29. The van der Waals surface area contributed by atoms with Crippen LogP contribution in [0.5, 0.6) is 0 Å². The maximum atomic E-state index is 4.78. The van der Waals surface area contributed by atoms with Gasteiger partial charge in [0.25, 0.3) is 0 Å². The third-order valence-electron chi connectivity index (χ3n) is 3.84. The molecule has 1 aromatic heterocycles. The number of aryl methyl sites for hydroxylation is 1. The van der Waals surface area contributed by atoms with Gasteiger partial charge in [0.1, 0.15) is 5.82 Å². The summed E-state index contributed by atoms with van der Waals surface area (Å²) in [6, 6.07) is 6.72. The maximum Gasteiger partial charge on any atom is 0.124 e. The van der Waals surface area contributed by atoms with Gasteiger partial charge in [-0.3, -0.25) is 4.90 Å². The zero-order chi connectivity index (χ0) is 15.2. The summed E-state index contributed by atoms with van der Waals surface area (Å²) >= 11 is 0. The molecule has 1 unspecified atom stereocenters. The number of rotatable bonds is 8. The topological polar surface area (TPSA) is 31.9 Å². The van der Waals surface area contributed by atoms with Crippen molar-refractivity contribution in [2.45, 2.75) is 32.7 Å². The largest absolute Gasteiger partial charge is 0.341 e. The number of benzene rings is 1. The summed E-state index contributed by atoms with van der Waals surface area (Å²) in [5, 5.41) is 0. The Hall–Kier alpha value is -1.87. The van der Waals surface area contributed by atoms with Crippen LogP contribution in [0.25, 0.3) is 11.0 Å². The predicted molar refractivity (Wildman–Crippen MR) is 90.5 cm³/mol. The molecule has 112 valence electrons. The Balaban J connectivity index is 2.36. The molecule has 1 atom stereocenters. The molecule has 0 saturated heterocycles. The molecule has 0 saturated carbocycles. The molecule has 3 nitrogen and oxygen atoms in total. The van der Waals surface area contributed by atoms with Gasteiger partial charge in [-0.1, -0.05) is 32.1 Å². The molecule has 2 rings (SSSR count). The Bertz CT molecular complexity index is 602. The number of nitrogens with one attached hydrogen (secondary N) is 1. The fraction of sp³-hybridized carbons (Fsp3) is 0.389. The van der Waals surface area contributed by atoms with E-state index < -0.39 is 0 Å². The van der Waals surface area contributed by atoms with E-state index in [-0.39, 0.29) is 6.04 Å². The molecule has 0 aliphatic rings. The molecule has 0 aliphatic carbocycles. The predicted octanol–water partition coefficient (Wildman–Crippen LogP) is 4.25. The van der Waals surface area contributed by atoms with Crippen molar-refractivity contribution in [2.24, 2.45) is 0 Å². The summed E-state index contributed by atoms with van der Waals surface area (Å²) in [6.45, 7) is 13.7. The van der Waals surface area contributed by atoms with Gasteiger partial charge in [0.2, 0.25) is 0 Å². The number of imidazole rings is 1. The Morgan fingerprint density at radius 2 is 1.95 bits per heavy atom. The summed E-state index contributed by atoms with van der Waals surface area (Å²) in [5.41, 5.74) is 3.50. The first-order chi connectivity index (χ1) is 10.2. The summed E-state index contributed by atoms with van der Waals surface area (Å²) < 4.78 is 0. The molecule has 0 fully saturated rings. The molecule has 0 aliphatic heterocycles. The minimum absolute atomic E-state index is 0.262. The van der Waals surface area contributed by atoms with Crippen LogP contribution >= 0.6 is 0 Å². The first-order valence-corrected chi connectivity index (χ1v) is 7.67. The molecule has 21 heavy (non-hydrogen) atoms. The second-order valence-corrected chi connectivity index (χ2v) is 5.28. The highest BCUT2D eigenvalue weighted by atomic mass is 15.2. The molecule has 0 amide bonds. The number of aromatic amines is 1. The number of hydrogen-bond donors (Lipinski definition) is 1. The standard InChI is InChI=1S/C18H25N3/c1-5-11-21(12-6-2)17(8-4)18-19-15-10-9-14(7-3)13-16(15)20-18/h5-6,9-10,13,17H,1-2,7-8,11-12H2,3-4H3,(H,19,20). The van der Waals surface area contributed by atoms with Crippen molar-refractivity contribution in [2.75, 3.05) is 13.1 Å². The monoisotopic (exact) mass is 283 g/mol. The average molecular weight is 283 g/mol. The maximum absolute atomic E-state index is 4.78. The van der Waals surface area contributed by atoms with Gasteiger partial charge in [-0.2, -0.15) is 0 Å². The molecule has 1 aromatic carbocycles. The fourth-order valence-electron chi connectivity index (χ4n) is 2.74. The van der Waals surface area contributed by atoms with Crippen LogP contribution in [0.15, 0.2) is 43.5 Å². The second-order valence-electron chi connectivity index (χ2n) is 5.28. The lowest BCUT2D eigenvalue weighted by Gasteiger charge is -2.27. The fourth-order valence-corrected chi connectivity index (χ4v) is 2.74.